The fraction of sp³-hybridized carbons (Fsp3) is 0.222. The van der Waals surface area contributed by atoms with Gasteiger partial charge in [-0.1, -0.05) is 53.9 Å². The summed E-state index contributed by atoms with van der Waals surface area (Å²) in [7, 11) is 1.62. The van der Waals surface area contributed by atoms with Gasteiger partial charge in [-0.3, -0.25) is 0 Å². The molecule has 0 radical (unpaired) electrons. The van der Waals surface area contributed by atoms with Crippen molar-refractivity contribution in [2.45, 2.75) is 28.0 Å². The number of hydrogen-bond donors (Lipinski definition) is 0. The number of nitrogens with zero attached hydrogens (tertiary/aromatic N) is 2. The van der Waals surface area contributed by atoms with Crippen molar-refractivity contribution in [3.63, 3.8) is 0 Å². The number of thioether (sulfide) groups is 2. The zero-order chi connectivity index (χ0) is 18.4. The van der Waals surface area contributed by atoms with Crippen LogP contribution in [-0.2, 0) is 12.2 Å². The van der Waals surface area contributed by atoms with Gasteiger partial charge >= 0.3 is 0 Å². The normalized spacial score (nSPS) is 11.1. The van der Waals surface area contributed by atoms with Crippen LogP contribution in [0.15, 0.2) is 63.1 Å². The molecule has 0 amide bonds. The first-order chi connectivity index (χ1) is 12.6. The number of ether oxygens (including phenoxy) is 1. The molecular formula is C18H16F2N2O2S2. The Morgan fingerprint density at radius 3 is 2.58 bits per heavy atom. The van der Waals surface area contributed by atoms with Crippen LogP contribution in [0, 0.1) is 0 Å². The molecule has 0 saturated carbocycles. The van der Waals surface area contributed by atoms with Crippen molar-refractivity contribution < 1.29 is 17.9 Å². The molecule has 0 bridgehead atoms. The van der Waals surface area contributed by atoms with Crippen molar-refractivity contribution in [3.05, 3.63) is 65.5 Å². The van der Waals surface area contributed by atoms with Crippen molar-refractivity contribution in [2.75, 3.05) is 7.11 Å². The van der Waals surface area contributed by atoms with Crippen LogP contribution >= 0.6 is 23.5 Å². The second-order valence-electron chi connectivity index (χ2n) is 5.26. The molecule has 2 aromatic carbocycles. The van der Waals surface area contributed by atoms with Crippen LogP contribution in [0.1, 0.15) is 17.0 Å². The molecule has 3 aromatic rings. The number of para-hydroxylation sites is 1. The average Bonchev–Trinajstić information content (AvgIpc) is 3.08. The Morgan fingerprint density at radius 2 is 1.85 bits per heavy atom. The van der Waals surface area contributed by atoms with Crippen molar-refractivity contribution in [1.29, 1.82) is 0 Å². The lowest BCUT2D eigenvalue weighted by molar-refractivity contribution is 0.252. The Hall–Kier alpha value is -2.06. The summed E-state index contributed by atoms with van der Waals surface area (Å²) >= 11 is 1.95. The molecule has 26 heavy (non-hydrogen) atoms. The zero-order valence-electron chi connectivity index (χ0n) is 13.9. The first-order valence-corrected chi connectivity index (χ1v) is 9.61. The lowest BCUT2D eigenvalue weighted by Gasteiger charge is -2.05. The summed E-state index contributed by atoms with van der Waals surface area (Å²) in [6.07, 6.45) is 0.497. The number of halogens is 2. The second-order valence-corrected chi connectivity index (χ2v) is 7.25. The Balaban J connectivity index is 1.57. The zero-order valence-corrected chi connectivity index (χ0v) is 15.5. The van der Waals surface area contributed by atoms with Gasteiger partial charge in [0.05, 0.1) is 13.5 Å². The molecule has 0 aliphatic carbocycles. The molecule has 0 aliphatic rings. The monoisotopic (exact) mass is 394 g/mol. The lowest BCUT2D eigenvalue weighted by atomic mass is 10.1. The van der Waals surface area contributed by atoms with Gasteiger partial charge in [-0.25, -0.2) is 0 Å². The van der Waals surface area contributed by atoms with Gasteiger partial charge in [0.25, 0.3) is 11.0 Å². The minimum Gasteiger partial charge on any atom is -0.496 e. The first-order valence-electron chi connectivity index (χ1n) is 7.75. The molecule has 3 rings (SSSR count). The van der Waals surface area contributed by atoms with E-state index in [0.717, 1.165) is 16.9 Å². The third kappa shape index (κ3) is 5.22. The van der Waals surface area contributed by atoms with Gasteiger partial charge in [0.15, 0.2) is 0 Å². The third-order valence-corrected chi connectivity index (χ3v) is 5.11. The van der Waals surface area contributed by atoms with E-state index in [1.165, 1.54) is 11.8 Å². The van der Waals surface area contributed by atoms with Crippen LogP contribution in [0.3, 0.4) is 0 Å². The fourth-order valence-corrected chi connectivity index (χ4v) is 3.53. The number of benzene rings is 2. The van der Waals surface area contributed by atoms with E-state index in [0.29, 0.717) is 39.9 Å². The quantitative estimate of drug-likeness (QED) is 0.485. The van der Waals surface area contributed by atoms with Crippen LogP contribution in [0.2, 0.25) is 0 Å². The summed E-state index contributed by atoms with van der Waals surface area (Å²) in [4.78, 5) is 0.547. The number of aromatic nitrogens is 2. The maximum Gasteiger partial charge on any atom is 0.288 e. The Labute approximate surface area is 158 Å². The number of alkyl halides is 2. The van der Waals surface area contributed by atoms with Crippen LogP contribution < -0.4 is 4.74 Å². The number of hydrogen-bond acceptors (Lipinski definition) is 6. The SMILES string of the molecule is COc1ccccc1Cc1nnc(SCc2ccc(SC(F)F)cc2)o1. The van der Waals surface area contributed by atoms with Gasteiger partial charge in [-0.05, 0) is 23.8 Å². The van der Waals surface area contributed by atoms with Crippen molar-refractivity contribution in [3.8, 4) is 5.75 Å². The predicted molar refractivity (Wildman–Crippen MR) is 98.0 cm³/mol. The standard InChI is InChI=1S/C18H16F2N2O2S2/c1-23-15-5-3-2-4-13(15)10-16-21-22-18(24-16)25-11-12-6-8-14(9-7-12)26-17(19)20/h2-9,17H,10-11H2,1H3. The molecule has 0 N–H and O–H groups in total. The summed E-state index contributed by atoms with van der Waals surface area (Å²) in [5, 5.41) is 8.58. The van der Waals surface area contributed by atoms with Gasteiger partial charge in [-0.15, -0.1) is 10.2 Å². The van der Waals surface area contributed by atoms with E-state index in [2.05, 4.69) is 10.2 Å². The summed E-state index contributed by atoms with van der Waals surface area (Å²) in [5.74, 6) is -0.492. The molecule has 4 nitrogen and oxygen atoms in total. The van der Waals surface area contributed by atoms with Crippen molar-refractivity contribution in [2.24, 2.45) is 0 Å². The Kier molecular flexibility index (Phi) is 6.51. The highest BCUT2D eigenvalue weighted by atomic mass is 32.2. The number of rotatable bonds is 8. The summed E-state index contributed by atoms with van der Waals surface area (Å²) in [6, 6.07) is 14.7. The molecule has 1 heterocycles. The molecule has 1 aromatic heterocycles. The molecule has 0 saturated heterocycles. The van der Waals surface area contributed by atoms with E-state index in [9.17, 15) is 8.78 Å². The molecule has 0 spiro atoms. The molecular weight excluding hydrogens is 378 g/mol. The van der Waals surface area contributed by atoms with Crippen LogP contribution in [0.5, 0.6) is 5.75 Å². The largest absolute Gasteiger partial charge is 0.496 e. The van der Waals surface area contributed by atoms with E-state index < -0.39 is 5.76 Å². The van der Waals surface area contributed by atoms with Gasteiger partial charge in [-0.2, -0.15) is 8.78 Å². The third-order valence-electron chi connectivity index (χ3n) is 3.49. The second kappa shape index (κ2) is 9.05. The molecule has 8 heteroatoms. The maximum atomic E-state index is 12.3. The van der Waals surface area contributed by atoms with Gasteiger partial charge in [0.1, 0.15) is 5.75 Å². The van der Waals surface area contributed by atoms with Gasteiger partial charge in [0.2, 0.25) is 5.89 Å². The van der Waals surface area contributed by atoms with Crippen LogP contribution in [0.25, 0.3) is 0 Å². The predicted octanol–water partition coefficient (Wildman–Crippen LogP) is 5.28. The van der Waals surface area contributed by atoms with E-state index in [-0.39, 0.29) is 0 Å². The topological polar surface area (TPSA) is 48.2 Å². The van der Waals surface area contributed by atoms with E-state index in [1.54, 1.807) is 19.2 Å². The lowest BCUT2D eigenvalue weighted by Crippen LogP contribution is -1.93. The average molecular weight is 394 g/mol. The van der Waals surface area contributed by atoms with E-state index in [1.807, 2.05) is 36.4 Å². The highest BCUT2D eigenvalue weighted by molar-refractivity contribution is 7.99. The van der Waals surface area contributed by atoms with E-state index in [4.69, 9.17) is 9.15 Å². The van der Waals surface area contributed by atoms with Crippen molar-refractivity contribution >= 4 is 23.5 Å². The summed E-state index contributed by atoms with van der Waals surface area (Å²) in [5.41, 5.74) is 1.97. The van der Waals surface area contributed by atoms with Gasteiger partial charge in [0, 0.05) is 16.2 Å². The number of methoxy groups -OCH3 is 1. The minimum absolute atomic E-state index is 0.473. The molecule has 0 fully saturated rings. The Morgan fingerprint density at radius 1 is 1.08 bits per heavy atom. The Bertz CT molecular complexity index is 841. The minimum atomic E-state index is -2.41. The summed E-state index contributed by atoms with van der Waals surface area (Å²) in [6.45, 7) is 0. The molecule has 0 aliphatic heterocycles. The fourth-order valence-electron chi connectivity index (χ4n) is 2.29. The summed E-state index contributed by atoms with van der Waals surface area (Å²) < 4.78 is 35.6. The molecule has 0 unspecified atom stereocenters. The van der Waals surface area contributed by atoms with Crippen LogP contribution in [-0.4, -0.2) is 23.1 Å². The van der Waals surface area contributed by atoms with Crippen LogP contribution in [0.4, 0.5) is 8.78 Å². The highest BCUT2D eigenvalue weighted by Crippen LogP contribution is 2.28. The maximum absolute atomic E-state index is 12.3. The van der Waals surface area contributed by atoms with Gasteiger partial charge < -0.3 is 9.15 Å². The first kappa shape index (κ1) is 18.7. The highest BCUT2D eigenvalue weighted by Gasteiger charge is 2.11. The molecule has 136 valence electrons. The smallest absolute Gasteiger partial charge is 0.288 e. The van der Waals surface area contributed by atoms with E-state index >= 15 is 0 Å². The van der Waals surface area contributed by atoms with Crippen molar-refractivity contribution in [1.82, 2.24) is 10.2 Å². The molecule has 0 atom stereocenters.